The summed E-state index contributed by atoms with van der Waals surface area (Å²) in [4.78, 5) is 12.3. The van der Waals surface area contributed by atoms with Gasteiger partial charge >= 0.3 is 5.97 Å². The van der Waals surface area contributed by atoms with Gasteiger partial charge in [0.1, 0.15) is 11.3 Å². The predicted octanol–water partition coefficient (Wildman–Crippen LogP) is 8.06. The molecule has 0 aliphatic heterocycles. The Balaban J connectivity index is 1.39. The second-order valence-corrected chi connectivity index (χ2v) is 11.2. The number of fused-ring (bicyclic) bond motifs is 1. The molecule has 178 valence electrons. The van der Waals surface area contributed by atoms with Gasteiger partial charge in [0, 0.05) is 11.2 Å². The third-order valence-corrected chi connectivity index (χ3v) is 7.51. The minimum atomic E-state index is -0.414. The summed E-state index contributed by atoms with van der Waals surface area (Å²) in [6.45, 7) is 4.75. The molecule has 3 nitrogen and oxygen atoms in total. The lowest BCUT2D eigenvalue weighted by Gasteiger charge is -2.25. The summed E-state index contributed by atoms with van der Waals surface area (Å²) in [5, 5.41) is 1.97. The number of carbonyl (C=O) groups is 1. The van der Waals surface area contributed by atoms with Crippen LogP contribution in [0.1, 0.15) is 36.2 Å². The molecule has 0 aliphatic carbocycles. The summed E-state index contributed by atoms with van der Waals surface area (Å²) < 4.78 is 11.7. The highest BCUT2D eigenvalue weighted by molar-refractivity contribution is 8.23. The monoisotopic (exact) mass is 500 g/mol. The largest absolute Gasteiger partial charge is 0.492 e. The van der Waals surface area contributed by atoms with Crippen molar-refractivity contribution in [2.75, 3.05) is 13.7 Å². The second-order valence-electron chi connectivity index (χ2n) is 8.71. The second kappa shape index (κ2) is 11.1. The molecule has 0 amide bonds. The molecule has 0 atom stereocenters. The highest BCUT2D eigenvalue weighted by Crippen LogP contribution is 2.38. The van der Waals surface area contributed by atoms with Crippen molar-refractivity contribution in [3.8, 4) is 16.9 Å². The zero-order valence-electron chi connectivity index (χ0n) is 20.1. The minimum Gasteiger partial charge on any atom is -0.492 e. The quantitative estimate of drug-likeness (QED) is 0.181. The van der Waals surface area contributed by atoms with E-state index in [4.69, 9.17) is 21.7 Å². The van der Waals surface area contributed by atoms with Crippen LogP contribution in [0.2, 0.25) is 0 Å². The molecule has 5 heteroatoms. The average Bonchev–Trinajstić information content (AvgIpc) is 2.88. The Labute approximate surface area is 216 Å². The van der Waals surface area contributed by atoms with Gasteiger partial charge in [0.15, 0.2) is 0 Å². The van der Waals surface area contributed by atoms with Crippen LogP contribution in [0.25, 0.3) is 21.9 Å². The Morgan fingerprint density at radius 1 is 0.857 bits per heavy atom. The van der Waals surface area contributed by atoms with Crippen molar-refractivity contribution in [2.24, 2.45) is 0 Å². The summed E-state index contributed by atoms with van der Waals surface area (Å²) >= 11 is 7.36. The molecule has 0 fully saturated rings. The number of thioether (sulfide) groups is 1. The number of esters is 1. The van der Waals surface area contributed by atoms with Gasteiger partial charge < -0.3 is 9.47 Å². The molecule has 0 saturated heterocycles. The van der Waals surface area contributed by atoms with Gasteiger partial charge in [-0.1, -0.05) is 91.1 Å². The minimum absolute atomic E-state index is 0.174. The number of methoxy groups -OCH3 is 1. The lowest BCUT2D eigenvalue weighted by Crippen LogP contribution is -2.16. The van der Waals surface area contributed by atoms with Crippen LogP contribution < -0.4 is 4.74 Å². The van der Waals surface area contributed by atoms with Gasteiger partial charge in [-0.05, 0) is 53.4 Å². The molecule has 0 unspecified atom stereocenters. The van der Waals surface area contributed by atoms with Crippen LogP contribution in [0.4, 0.5) is 0 Å². The van der Waals surface area contributed by atoms with E-state index in [9.17, 15) is 4.79 Å². The number of hydrogen-bond donors (Lipinski definition) is 0. The van der Waals surface area contributed by atoms with Gasteiger partial charge in [-0.25, -0.2) is 4.79 Å². The topological polar surface area (TPSA) is 35.5 Å². The fourth-order valence-electron chi connectivity index (χ4n) is 3.94. The van der Waals surface area contributed by atoms with Crippen LogP contribution in [0.5, 0.6) is 5.75 Å². The van der Waals surface area contributed by atoms with Crippen LogP contribution in [0.15, 0.2) is 91.0 Å². The molecule has 0 saturated carbocycles. The van der Waals surface area contributed by atoms with Crippen molar-refractivity contribution in [1.82, 2.24) is 0 Å². The molecule has 0 aliphatic rings. The maximum Gasteiger partial charge on any atom is 0.341 e. The van der Waals surface area contributed by atoms with Crippen molar-refractivity contribution in [2.45, 2.75) is 25.0 Å². The normalized spacial score (nSPS) is 11.3. The number of benzene rings is 4. The van der Waals surface area contributed by atoms with E-state index in [0.717, 1.165) is 15.0 Å². The van der Waals surface area contributed by atoms with Crippen LogP contribution in [-0.2, 0) is 9.48 Å². The van der Waals surface area contributed by atoms with Crippen molar-refractivity contribution < 1.29 is 14.3 Å². The first-order chi connectivity index (χ1) is 16.9. The first-order valence-corrected chi connectivity index (χ1v) is 12.7. The van der Waals surface area contributed by atoms with Crippen LogP contribution in [0, 0.1) is 0 Å². The van der Waals surface area contributed by atoms with E-state index in [1.54, 1.807) is 11.8 Å². The van der Waals surface area contributed by atoms with Crippen molar-refractivity contribution >= 4 is 44.9 Å². The summed E-state index contributed by atoms with van der Waals surface area (Å²) in [7, 11) is 1.38. The number of hydrogen-bond acceptors (Lipinski definition) is 5. The third kappa shape index (κ3) is 6.11. The third-order valence-electron chi connectivity index (χ3n) is 5.87. The highest BCUT2D eigenvalue weighted by atomic mass is 32.2. The maximum absolute atomic E-state index is 12.3. The van der Waals surface area contributed by atoms with Crippen molar-refractivity contribution in [3.05, 3.63) is 102 Å². The smallest absolute Gasteiger partial charge is 0.341 e. The van der Waals surface area contributed by atoms with Crippen LogP contribution in [-0.4, -0.2) is 23.9 Å². The molecule has 4 rings (SSSR count). The van der Waals surface area contributed by atoms with Gasteiger partial charge in [-0.2, -0.15) is 0 Å². The number of rotatable bonds is 8. The molecule has 4 aromatic rings. The zero-order chi connectivity index (χ0) is 24.8. The Kier molecular flexibility index (Phi) is 7.89. The Bertz CT molecular complexity index is 1330. The van der Waals surface area contributed by atoms with Gasteiger partial charge in [0.05, 0.1) is 17.9 Å². The summed E-state index contributed by atoms with van der Waals surface area (Å²) in [5.41, 5.74) is 4.04. The van der Waals surface area contributed by atoms with Gasteiger partial charge in [-0.15, -0.1) is 11.8 Å². The van der Waals surface area contributed by atoms with E-state index in [-0.39, 0.29) is 4.75 Å². The Hall–Kier alpha value is -3.15. The molecule has 4 aromatic carbocycles. The van der Waals surface area contributed by atoms with E-state index < -0.39 is 5.97 Å². The molecular weight excluding hydrogens is 472 g/mol. The molecule has 0 aromatic heterocycles. The maximum atomic E-state index is 12.3. The molecule has 0 spiro atoms. The Morgan fingerprint density at radius 2 is 1.46 bits per heavy atom. The number of thiocarbonyl (C=S) groups is 1. The van der Waals surface area contributed by atoms with Crippen LogP contribution >= 0.6 is 24.0 Å². The average molecular weight is 501 g/mol. The first kappa shape index (κ1) is 25.0. The molecule has 0 N–H and O–H groups in total. The lowest BCUT2D eigenvalue weighted by atomic mass is 9.98. The molecule has 35 heavy (non-hydrogen) atoms. The zero-order valence-corrected chi connectivity index (χ0v) is 21.7. The molecule has 0 radical (unpaired) electrons. The fourth-order valence-corrected chi connectivity index (χ4v) is 5.66. The summed E-state index contributed by atoms with van der Waals surface area (Å²) in [5.74, 6) is 0.0990. The highest BCUT2D eigenvalue weighted by Gasteiger charge is 2.23. The van der Waals surface area contributed by atoms with E-state index in [1.165, 1.54) is 23.8 Å². The fraction of sp³-hybridized carbons (Fsp3) is 0.200. The standard InChI is InChI=1S/C30H28O3S2/c1-30(2,25-15-13-22(14-16-25)21-9-5-4-6-10-21)35-28(34)17-18-33-27-20-24-12-8-7-11-23(24)19-26(27)29(31)32-3/h4-16,19-20H,17-18H2,1-3H3. The molecular formula is C30H28O3S2. The van der Waals surface area contributed by atoms with Crippen LogP contribution in [0.3, 0.4) is 0 Å². The lowest BCUT2D eigenvalue weighted by molar-refractivity contribution is 0.0596. The summed E-state index contributed by atoms with van der Waals surface area (Å²) in [6.07, 6.45) is 0.596. The van der Waals surface area contributed by atoms with E-state index >= 15 is 0 Å². The SMILES string of the molecule is COC(=O)c1cc2ccccc2cc1OCCC(=S)SC(C)(C)c1ccc(-c2ccccc2)cc1. The van der Waals surface area contributed by atoms with Gasteiger partial charge in [0.25, 0.3) is 0 Å². The first-order valence-electron chi connectivity index (χ1n) is 11.5. The van der Waals surface area contributed by atoms with E-state index in [2.05, 4.69) is 62.4 Å². The Morgan fingerprint density at radius 3 is 2.11 bits per heavy atom. The summed E-state index contributed by atoms with van der Waals surface area (Å²) in [6, 6.07) is 30.6. The van der Waals surface area contributed by atoms with Gasteiger partial charge in [-0.3, -0.25) is 0 Å². The van der Waals surface area contributed by atoms with E-state index in [0.29, 0.717) is 24.3 Å². The molecule has 0 heterocycles. The molecule has 0 bridgehead atoms. The van der Waals surface area contributed by atoms with Crippen molar-refractivity contribution in [1.29, 1.82) is 0 Å². The van der Waals surface area contributed by atoms with Crippen molar-refractivity contribution in [3.63, 3.8) is 0 Å². The number of carbonyl (C=O) groups excluding carboxylic acids is 1. The predicted molar refractivity (Wildman–Crippen MR) is 150 cm³/mol. The van der Waals surface area contributed by atoms with Gasteiger partial charge in [0.2, 0.25) is 0 Å². The number of ether oxygens (including phenoxy) is 2. The van der Waals surface area contributed by atoms with E-state index in [1.807, 2.05) is 42.5 Å².